The van der Waals surface area contributed by atoms with Crippen molar-refractivity contribution < 1.29 is 4.42 Å². The first-order chi connectivity index (χ1) is 28.8. The van der Waals surface area contributed by atoms with Crippen molar-refractivity contribution in [3.63, 3.8) is 0 Å². The van der Waals surface area contributed by atoms with Crippen LogP contribution in [0.5, 0.6) is 0 Å². The van der Waals surface area contributed by atoms with Crippen LogP contribution >= 0.6 is 0 Å². The molecule has 3 aliphatic rings. The molecule has 0 N–H and O–H groups in total. The molecule has 12 aromatic rings. The molecule has 2 nitrogen and oxygen atoms in total. The number of fused-ring (bicyclic) bond motifs is 9. The first-order valence-corrected chi connectivity index (χ1v) is 20.3. The van der Waals surface area contributed by atoms with Crippen LogP contribution in [0.25, 0.3) is 93.4 Å². The summed E-state index contributed by atoms with van der Waals surface area (Å²) in [5.41, 5.74) is 21.7. The summed E-state index contributed by atoms with van der Waals surface area (Å²) in [6.07, 6.45) is 0. The largest absolute Gasteiger partial charge is 0.456 e. The zero-order valence-corrected chi connectivity index (χ0v) is 31.4. The SMILES string of the molecule is c1ccc(-c2ccc3oc4ccc(-c5ccc(-c6ccc7c8cccc9c%10ccccc%10n(c7c6)c98)c6c5C5c7ccccc7C6c6ccccc65)cc4c3c2)cc1. The van der Waals surface area contributed by atoms with Crippen molar-refractivity contribution in [1.82, 2.24) is 4.40 Å². The summed E-state index contributed by atoms with van der Waals surface area (Å²) < 4.78 is 8.97. The minimum atomic E-state index is 0.121. The van der Waals surface area contributed by atoms with E-state index in [1.807, 2.05) is 0 Å². The molecule has 58 heavy (non-hydrogen) atoms. The molecule has 0 saturated carbocycles. The Kier molecular flexibility index (Phi) is 5.90. The summed E-state index contributed by atoms with van der Waals surface area (Å²) >= 11 is 0. The Labute approximate surface area is 334 Å². The number of hydrogen-bond acceptors (Lipinski definition) is 1. The molecule has 0 unspecified atom stereocenters. The van der Waals surface area contributed by atoms with E-state index in [0.717, 1.165) is 21.9 Å². The third kappa shape index (κ3) is 3.92. The van der Waals surface area contributed by atoms with Gasteiger partial charge in [0.25, 0.3) is 0 Å². The average Bonchev–Trinajstić information content (AvgIpc) is 3.95. The number of hydrogen-bond donors (Lipinski definition) is 0. The van der Waals surface area contributed by atoms with Gasteiger partial charge in [-0.15, -0.1) is 0 Å². The van der Waals surface area contributed by atoms with Gasteiger partial charge < -0.3 is 8.82 Å². The highest BCUT2D eigenvalue weighted by molar-refractivity contribution is 6.23. The van der Waals surface area contributed by atoms with Crippen LogP contribution in [0.15, 0.2) is 192 Å². The molecule has 3 heterocycles. The van der Waals surface area contributed by atoms with E-state index in [4.69, 9.17) is 4.42 Å². The van der Waals surface area contributed by atoms with Gasteiger partial charge in [-0.2, -0.15) is 0 Å². The lowest BCUT2D eigenvalue weighted by Crippen LogP contribution is -2.28. The van der Waals surface area contributed by atoms with E-state index in [1.165, 1.54) is 105 Å². The summed E-state index contributed by atoms with van der Waals surface area (Å²) in [7, 11) is 0. The zero-order chi connectivity index (χ0) is 37.6. The molecule has 9 aromatic carbocycles. The lowest BCUT2D eigenvalue weighted by atomic mass is 9.58. The monoisotopic (exact) mass is 735 g/mol. The van der Waals surface area contributed by atoms with E-state index in [-0.39, 0.29) is 11.8 Å². The van der Waals surface area contributed by atoms with Gasteiger partial charge in [-0.1, -0.05) is 152 Å². The number of para-hydroxylation sites is 2. The Morgan fingerprint density at radius 3 is 1.48 bits per heavy atom. The molecule has 0 saturated heterocycles. The second-order valence-corrected chi connectivity index (χ2v) is 16.3. The van der Waals surface area contributed by atoms with Crippen molar-refractivity contribution in [2.24, 2.45) is 0 Å². The zero-order valence-electron chi connectivity index (χ0n) is 31.4. The van der Waals surface area contributed by atoms with E-state index < -0.39 is 0 Å². The first kappa shape index (κ1) is 30.8. The quantitative estimate of drug-likeness (QED) is 0.177. The van der Waals surface area contributed by atoms with Gasteiger partial charge >= 0.3 is 0 Å². The molecule has 0 aliphatic heterocycles. The number of aromatic nitrogens is 1. The maximum absolute atomic E-state index is 6.47. The topological polar surface area (TPSA) is 17.6 Å². The summed E-state index contributed by atoms with van der Waals surface area (Å²) in [6, 6.07) is 70.1. The Balaban J connectivity index is 1.04. The van der Waals surface area contributed by atoms with Crippen LogP contribution in [0.1, 0.15) is 45.2 Å². The van der Waals surface area contributed by atoms with Crippen LogP contribution < -0.4 is 0 Å². The van der Waals surface area contributed by atoms with Gasteiger partial charge in [0.15, 0.2) is 0 Å². The number of furan rings is 1. The van der Waals surface area contributed by atoms with Gasteiger partial charge in [-0.25, -0.2) is 0 Å². The Bertz CT molecular complexity index is 3650. The molecule has 0 radical (unpaired) electrons. The lowest BCUT2D eigenvalue weighted by Gasteiger charge is -2.44. The Hall–Kier alpha value is -7.42. The molecule has 0 atom stereocenters. The molecule has 268 valence electrons. The molecule has 3 aliphatic carbocycles. The summed E-state index contributed by atoms with van der Waals surface area (Å²) in [6.45, 7) is 0. The van der Waals surface area contributed by atoms with Crippen molar-refractivity contribution in [2.45, 2.75) is 11.8 Å². The molecule has 3 aromatic heterocycles. The summed E-state index contributed by atoms with van der Waals surface area (Å²) in [5, 5.41) is 7.53. The summed E-state index contributed by atoms with van der Waals surface area (Å²) in [5.74, 6) is 0.245. The average molecular weight is 736 g/mol. The van der Waals surface area contributed by atoms with Crippen LogP contribution in [0.4, 0.5) is 0 Å². The highest BCUT2D eigenvalue weighted by Gasteiger charge is 2.43. The minimum Gasteiger partial charge on any atom is -0.456 e. The highest BCUT2D eigenvalue weighted by atomic mass is 16.3. The van der Waals surface area contributed by atoms with E-state index in [9.17, 15) is 0 Å². The molecular formula is C56H33NO. The van der Waals surface area contributed by atoms with Gasteiger partial charge in [-0.05, 0) is 103 Å². The van der Waals surface area contributed by atoms with Crippen LogP contribution in [0.2, 0.25) is 0 Å². The second kappa shape index (κ2) is 11.1. The predicted octanol–water partition coefficient (Wildman–Crippen LogP) is 14.7. The van der Waals surface area contributed by atoms with Crippen molar-refractivity contribution in [3.05, 3.63) is 221 Å². The summed E-state index contributed by atoms with van der Waals surface area (Å²) in [4.78, 5) is 0. The molecule has 15 rings (SSSR count). The predicted molar refractivity (Wildman–Crippen MR) is 239 cm³/mol. The maximum atomic E-state index is 6.47. The fourth-order valence-electron chi connectivity index (χ4n) is 11.1. The van der Waals surface area contributed by atoms with Gasteiger partial charge in [0, 0.05) is 44.2 Å². The Morgan fingerprint density at radius 1 is 0.328 bits per heavy atom. The van der Waals surface area contributed by atoms with E-state index in [0.29, 0.717) is 0 Å². The third-order valence-corrected chi connectivity index (χ3v) is 13.5. The van der Waals surface area contributed by atoms with Gasteiger partial charge in [0.1, 0.15) is 11.2 Å². The van der Waals surface area contributed by atoms with Gasteiger partial charge in [-0.3, -0.25) is 0 Å². The second-order valence-electron chi connectivity index (χ2n) is 16.3. The lowest BCUT2D eigenvalue weighted by molar-refractivity contribution is 0.669. The molecule has 0 fully saturated rings. The van der Waals surface area contributed by atoms with Gasteiger partial charge in [0.2, 0.25) is 0 Å². The third-order valence-electron chi connectivity index (χ3n) is 13.5. The maximum Gasteiger partial charge on any atom is 0.135 e. The van der Waals surface area contributed by atoms with E-state index >= 15 is 0 Å². The van der Waals surface area contributed by atoms with Crippen molar-refractivity contribution in [3.8, 4) is 33.4 Å². The number of benzene rings is 9. The van der Waals surface area contributed by atoms with Crippen molar-refractivity contribution in [1.29, 1.82) is 0 Å². The molecular weight excluding hydrogens is 703 g/mol. The standard InChI is InChI=1S/C56H33NO/c1-2-11-32(12-3-1)33-22-27-50-46(29-33)47-30-34(23-28-51(47)58-50)36-25-26-37(55-53-42-16-6-4-14-40(42)52(54(36)55)41-15-5-7-17-43(41)53)35-21-24-39-45-19-10-18-44-38-13-8-9-20-48(38)57(56(44)45)49(39)31-35/h1-31,52-53H. The number of nitrogens with zero attached hydrogens (tertiary/aromatic N) is 1. The van der Waals surface area contributed by atoms with Crippen molar-refractivity contribution >= 4 is 60.0 Å². The normalized spacial score (nSPS) is 15.6. The number of rotatable bonds is 3. The minimum absolute atomic E-state index is 0.121. The fraction of sp³-hybridized carbons (Fsp3) is 0.0357. The fourth-order valence-corrected chi connectivity index (χ4v) is 11.1. The van der Waals surface area contributed by atoms with Crippen LogP contribution in [-0.2, 0) is 0 Å². The molecule has 0 amide bonds. The van der Waals surface area contributed by atoms with Crippen LogP contribution in [0.3, 0.4) is 0 Å². The molecule has 2 heteroatoms. The highest BCUT2D eigenvalue weighted by Crippen LogP contribution is 2.60. The smallest absolute Gasteiger partial charge is 0.135 e. The van der Waals surface area contributed by atoms with E-state index in [2.05, 4.69) is 192 Å². The molecule has 2 bridgehead atoms. The first-order valence-electron chi connectivity index (χ1n) is 20.3. The van der Waals surface area contributed by atoms with Crippen LogP contribution in [0, 0.1) is 0 Å². The molecule has 0 spiro atoms. The Morgan fingerprint density at radius 2 is 0.828 bits per heavy atom. The van der Waals surface area contributed by atoms with Gasteiger partial charge in [0.05, 0.1) is 16.6 Å². The van der Waals surface area contributed by atoms with Crippen LogP contribution in [-0.4, -0.2) is 4.40 Å². The van der Waals surface area contributed by atoms with E-state index in [1.54, 1.807) is 0 Å². The van der Waals surface area contributed by atoms with Crippen molar-refractivity contribution in [2.75, 3.05) is 0 Å².